The summed E-state index contributed by atoms with van der Waals surface area (Å²) in [5.41, 5.74) is 1.50. The van der Waals surface area contributed by atoms with Crippen LogP contribution < -0.4 is 14.8 Å². The minimum absolute atomic E-state index is 0.0181. The fourth-order valence-corrected chi connectivity index (χ4v) is 5.15. The maximum atomic E-state index is 13.6. The summed E-state index contributed by atoms with van der Waals surface area (Å²) >= 11 is 6.25. The van der Waals surface area contributed by atoms with E-state index in [0.29, 0.717) is 29.7 Å². The van der Waals surface area contributed by atoms with E-state index in [0.717, 1.165) is 12.1 Å². The number of aromatic nitrogens is 1. The number of benzene rings is 3. The highest BCUT2D eigenvalue weighted by atomic mass is 35.5. The zero-order valence-corrected chi connectivity index (χ0v) is 28.5. The molecule has 14 heteroatoms. The first kappa shape index (κ1) is 37.4. The van der Waals surface area contributed by atoms with Crippen molar-refractivity contribution >= 4 is 41.0 Å². The van der Waals surface area contributed by atoms with E-state index in [1.807, 2.05) is 0 Å². The Bertz CT molecular complexity index is 1930. The van der Waals surface area contributed by atoms with Gasteiger partial charge in [0.15, 0.2) is 11.5 Å². The van der Waals surface area contributed by atoms with Crippen molar-refractivity contribution in [2.45, 2.75) is 32.4 Å². The van der Waals surface area contributed by atoms with Crippen LogP contribution in [0.4, 0.5) is 18.9 Å². The highest BCUT2D eigenvalue weighted by molar-refractivity contribution is 6.32. The second-order valence-corrected chi connectivity index (χ2v) is 11.7. The minimum Gasteiger partial charge on any atom is -0.493 e. The van der Waals surface area contributed by atoms with Gasteiger partial charge < -0.3 is 24.4 Å². The Morgan fingerprint density at radius 2 is 1.62 bits per heavy atom. The number of carbonyl (C=O) groups is 4. The van der Waals surface area contributed by atoms with Crippen LogP contribution in [0, 0.1) is 6.92 Å². The lowest BCUT2D eigenvalue weighted by Gasteiger charge is -2.17. The lowest BCUT2D eigenvalue weighted by atomic mass is 10.0. The third-order valence-corrected chi connectivity index (χ3v) is 7.73. The molecule has 0 radical (unpaired) electrons. The smallest absolute Gasteiger partial charge is 0.416 e. The van der Waals surface area contributed by atoms with Crippen molar-refractivity contribution in [3.8, 4) is 22.8 Å². The summed E-state index contributed by atoms with van der Waals surface area (Å²) in [7, 11) is 5.66. The number of aryl methyl sites for hydroxylation is 2. The molecule has 4 rings (SSSR count). The van der Waals surface area contributed by atoms with Crippen LogP contribution >= 0.6 is 11.6 Å². The molecule has 1 aromatic heterocycles. The van der Waals surface area contributed by atoms with Crippen molar-refractivity contribution < 1.29 is 46.6 Å². The minimum atomic E-state index is -4.52. The molecule has 1 N–H and O–H groups in total. The highest BCUT2D eigenvalue weighted by Gasteiger charge is 2.30. The normalized spacial score (nSPS) is 11.1. The van der Waals surface area contributed by atoms with Gasteiger partial charge in [0.05, 0.1) is 52.9 Å². The van der Waals surface area contributed by atoms with Crippen LogP contribution in [0.3, 0.4) is 0 Å². The number of carbonyl (C=O) groups excluding carboxylic acids is 4. The van der Waals surface area contributed by atoms with Gasteiger partial charge in [-0.15, -0.1) is 0 Å². The number of anilines is 1. The molecule has 1 heterocycles. The number of esters is 2. The van der Waals surface area contributed by atoms with Gasteiger partial charge in [0.2, 0.25) is 0 Å². The maximum Gasteiger partial charge on any atom is 0.416 e. The van der Waals surface area contributed by atoms with Crippen LogP contribution in [-0.4, -0.2) is 62.0 Å². The third-order valence-electron chi connectivity index (χ3n) is 7.45. The second-order valence-electron chi connectivity index (χ2n) is 11.3. The van der Waals surface area contributed by atoms with E-state index in [2.05, 4.69) is 15.0 Å². The molecule has 0 aliphatic rings. The summed E-state index contributed by atoms with van der Waals surface area (Å²) in [5.74, 6) is -2.25. The third kappa shape index (κ3) is 8.97. The summed E-state index contributed by atoms with van der Waals surface area (Å²) in [5, 5.41) is 2.74. The summed E-state index contributed by atoms with van der Waals surface area (Å²) in [6.07, 6.45) is -3.86. The molecule has 0 fully saturated rings. The number of hydrogen-bond donors (Lipinski definition) is 1. The van der Waals surface area contributed by atoms with Gasteiger partial charge >= 0.3 is 18.1 Å². The number of nitrogens with zero attached hydrogens (tertiary/aromatic N) is 2. The quantitative estimate of drug-likeness (QED) is 0.126. The molecule has 0 spiro atoms. The zero-order chi connectivity index (χ0) is 36.7. The van der Waals surface area contributed by atoms with E-state index in [-0.39, 0.29) is 51.0 Å². The van der Waals surface area contributed by atoms with Gasteiger partial charge in [-0.25, -0.2) is 4.79 Å². The van der Waals surface area contributed by atoms with Crippen LogP contribution in [0.15, 0.2) is 66.7 Å². The topological polar surface area (TPSA) is 124 Å². The van der Waals surface area contributed by atoms with Gasteiger partial charge in [-0.3, -0.25) is 19.4 Å². The number of pyridine rings is 1. The SMILES string of the molecule is COC(=O)c1cc(Cl)c(OC(=O)CCCc2ccc(NC(=O)c3ccc(C)nc3-c3ccc(C(F)(F)F)cc3)c(C(=O)N(C)C)c2)c(OC)c1. The largest absolute Gasteiger partial charge is 0.493 e. The maximum absolute atomic E-state index is 13.6. The molecule has 2 amide bonds. The van der Waals surface area contributed by atoms with Crippen LogP contribution in [0.2, 0.25) is 5.02 Å². The lowest BCUT2D eigenvalue weighted by Crippen LogP contribution is -2.24. The first-order valence-corrected chi connectivity index (χ1v) is 15.5. The first-order chi connectivity index (χ1) is 23.6. The van der Waals surface area contributed by atoms with E-state index in [1.165, 1.54) is 49.5 Å². The number of hydrogen-bond acceptors (Lipinski definition) is 8. The molecule has 0 aliphatic heterocycles. The predicted octanol–water partition coefficient (Wildman–Crippen LogP) is 7.41. The van der Waals surface area contributed by atoms with E-state index in [4.69, 9.17) is 21.1 Å². The summed E-state index contributed by atoms with van der Waals surface area (Å²) in [6.45, 7) is 1.69. The Balaban J connectivity index is 1.50. The van der Waals surface area contributed by atoms with Crippen LogP contribution in [0.5, 0.6) is 11.5 Å². The van der Waals surface area contributed by atoms with Crippen molar-refractivity contribution in [2.24, 2.45) is 0 Å². The molecular formula is C36H33ClF3N3O7. The van der Waals surface area contributed by atoms with Gasteiger partial charge in [0.1, 0.15) is 0 Å². The molecule has 50 heavy (non-hydrogen) atoms. The Kier molecular flexibility index (Phi) is 11.9. The number of ether oxygens (including phenoxy) is 3. The fraction of sp³-hybridized carbons (Fsp3) is 0.250. The molecule has 262 valence electrons. The van der Waals surface area contributed by atoms with E-state index >= 15 is 0 Å². The fourth-order valence-electron chi connectivity index (χ4n) is 4.90. The number of amides is 2. The van der Waals surface area contributed by atoms with Gasteiger partial charge in [-0.1, -0.05) is 29.8 Å². The molecule has 10 nitrogen and oxygen atoms in total. The number of alkyl halides is 3. The monoisotopic (exact) mass is 711 g/mol. The Labute approximate surface area is 291 Å². The molecule has 0 aliphatic carbocycles. The van der Waals surface area contributed by atoms with Crippen molar-refractivity contribution in [3.63, 3.8) is 0 Å². The molecule has 0 saturated carbocycles. The Hall–Kier alpha value is -5.43. The van der Waals surface area contributed by atoms with Gasteiger partial charge in [-0.2, -0.15) is 13.2 Å². The highest BCUT2D eigenvalue weighted by Crippen LogP contribution is 2.37. The van der Waals surface area contributed by atoms with Gasteiger partial charge in [0, 0.05) is 31.8 Å². The van der Waals surface area contributed by atoms with Crippen LogP contribution in [0.25, 0.3) is 11.3 Å². The number of halogens is 4. The van der Waals surface area contributed by atoms with Crippen molar-refractivity contribution in [2.75, 3.05) is 33.6 Å². The van der Waals surface area contributed by atoms with Gasteiger partial charge in [-0.05, 0) is 73.9 Å². The molecular weight excluding hydrogens is 679 g/mol. The Morgan fingerprint density at radius 3 is 2.24 bits per heavy atom. The lowest BCUT2D eigenvalue weighted by molar-refractivity contribution is -0.137. The van der Waals surface area contributed by atoms with Crippen LogP contribution in [-0.2, 0) is 22.1 Å². The van der Waals surface area contributed by atoms with Gasteiger partial charge in [0.25, 0.3) is 11.8 Å². The van der Waals surface area contributed by atoms with E-state index < -0.39 is 35.5 Å². The van der Waals surface area contributed by atoms with E-state index in [9.17, 15) is 32.3 Å². The standard InChI is InChI=1S/C36H33ClF3N3O7/c1-20-9-15-25(31(41-20)22-11-13-24(14-12-22)36(38,39)40)33(45)42-28-16-10-21(17-26(28)34(46)43(2)3)7-6-8-30(44)50-32-27(37)18-23(35(47)49-5)19-29(32)48-4/h9-19H,6-8H2,1-5H3,(H,42,45). The zero-order valence-electron chi connectivity index (χ0n) is 27.7. The van der Waals surface area contributed by atoms with Crippen molar-refractivity contribution in [3.05, 3.63) is 105 Å². The molecule has 0 saturated heterocycles. The van der Waals surface area contributed by atoms with E-state index in [1.54, 1.807) is 45.3 Å². The molecule has 4 aromatic rings. The number of rotatable bonds is 11. The van der Waals surface area contributed by atoms with Crippen molar-refractivity contribution in [1.82, 2.24) is 9.88 Å². The molecule has 0 unspecified atom stereocenters. The molecule has 3 aromatic carbocycles. The second kappa shape index (κ2) is 15.9. The predicted molar refractivity (Wildman–Crippen MR) is 180 cm³/mol. The first-order valence-electron chi connectivity index (χ1n) is 15.1. The summed E-state index contributed by atoms with van der Waals surface area (Å²) in [4.78, 5) is 57.1. The molecule has 0 bridgehead atoms. The Morgan fingerprint density at radius 1 is 0.920 bits per heavy atom. The number of nitrogens with one attached hydrogen (secondary N) is 1. The average Bonchev–Trinajstić information content (AvgIpc) is 3.08. The van der Waals surface area contributed by atoms with Crippen LogP contribution in [0.1, 0.15) is 60.7 Å². The average molecular weight is 712 g/mol. The summed E-state index contributed by atoms with van der Waals surface area (Å²) < 4.78 is 54.8. The summed E-state index contributed by atoms with van der Waals surface area (Å²) in [6, 6.07) is 15.0. The van der Waals surface area contributed by atoms with Crippen molar-refractivity contribution in [1.29, 1.82) is 0 Å². The molecule has 0 atom stereocenters. The number of methoxy groups -OCH3 is 2.